The molecule has 3 aromatic rings. The molecule has 4 rings (SSSR count). The van der Waals surface area contributed by atoms with Crippen molar-refractivity contribution in [3.05, 3.63) is 59.0 Å². The lowest BCUT2D eigenvalue weighted by molar-refractivity contribution is -0.121. The largest absolute Gasteiger partial charge is 0.309 e. The summed E-state index contributed by atoms with van der Waals surface area (Å²) >= 11 is 0. The van der Waals surface area contributed by atoms with Crippen LogP contribution in [0.4, 0.5) is 0 Å². The number of nitrogens with one attached hydrogen (secondary N) is 2. The molecule has 0 saturated heterocycles. The molecule has 0 saturated carbocycles. The molecule has 0 bridgehead atoms. The molecule has 1 aliphatic heterocycles. The van der Waals surface area contributed by atoms with Gasteiger partial charge in [0.2, 0.25) is 0 Å². The predicted octanol–water partition coefficient (Wildman–Crippen LogP) is 3.20. The Morgan fingerprint density at radius 3 is 2.72 bits per heavy atom. The molecule has 29 heavy (non-hydrogen) atoms. The van der Waals surface area contributed by atoms with Gasteiger partial charge in [-0.25, -0.2) is 5.10 Å². The quantitative estimate of drug-likeness (QED) is 0.613. The first kappa shape index (κ1) is 19.4. The third kappa shape index (κ3) is 4.24. The predicted molar refractivity (Wildman–Crippen MR) is 110 cm³/mol. The van der Waals surface area contributed by atoms with Gasteiger partial charge >= 0.3 is 0 Å². The molecule has 0 unspecified atom stereocenters. The Morgan fingerprint density at radius 2 is 2.03 bits per heavy atom. The molecule has 0 amide bonds. The Kier molecular flexibility index (Phi) is 5.76. The molecule has 0 radical (unpaired) electrons. The number of pyridine rings is 1. The van der Waals surface area contributed by atoms with Crippen LogP contribution in [-0.4, -0.2) is 31.4 Å². The summed E-state index contributed by atoms with van der Waals surface area (Å²) < 4.78 is 0. The molecule has 0 aliphatic carbocycles. The average Bonchev–Trinajstić information content (AvgIpc) is 3.42. The average molecular weight is 390 g/mol. The topological polar surface area (TPSA) is 96.5 Å². The van der Waals surface area contributed by atoms with Crippen molar-refractivity contribution in [1.82, 2.24) is 30.9 Å². The van der Waals surface area contributed by atoms with Gasteiger partial charge in [-0.3, -0.25) is 9.78 Å². The zero-order valence-corrected chi connectivity index (χ0v) is 16.9. The molecule has 150 valence electrons. The van der Waals surface area contributed by atoms with E-state index in [0.29, 0.717) is 12.2 Å². The normalized spacial score (nSPS) is 15.1. The number of H-pyrrole nitrogens is 1. The fourth-order valence-electron chi connectivity index (χ4n) is 4.18. The fourth-order valence-corrected chi connectivity index (χ4v) is 4.18. The van der Waals surface area contributed by atoms with Gasteiger partial charge in [-0.2, -0.15) is 0 Å². The van der Waals surface area contributed by atoms with E-state index < -0.39 is 0 Å². The van der Waals surface area contributed by atoms with Crippen molar-refractivity contribution in [2.24, 2.45) is 5.92 Å². The van der Waals surface area contributed by atoms with Gasteiger partial charge in [0.1, 0.15) is 5.78 Å². The van der Waals surface area contributed by atoms with Gasteiger partial charge in [0, 0.05) is 36.7 Å². The second-order valence-corrected chi connectivity index (χ2v) is 7.74. The highest BCUT2D eigenvalue weighted by Crippen LogP contribution is 2.31. The van der Waals surface area contributed by atoms with Crippen molar-refractivity contribution in [1.29, 1.82) is 0 Å². The lowest BCUT2D eigenvalue weighted by Gasteiger charge is -2.22. The van der Waals surface area contributed by atoms with E-state index >= 15 is 0 Å². The minimum absolute atomic E-state index is 0.0823. The molecule has 2 aromatic heterocycles. The monoisotopic (exact) mass is 390 g/mol. The number of carbonyl (C=O) groups excluding carboxylic acids is 1. The Labute approximate surface area is 170 Å². The Bertz CT molecular complexity index is 967. The number of fused-ring (bicyclic) bond motifs is 1. The molecule has 1 aromatic carbocycles. The second kappa shape index (κ2) is 8.61. The van der Waals surface area contributed by atoms with Crippen molar-refractivity contribution in [2.75, 3.05) is 0 Å². The molecule has 2 N–H and O–H groups in total. The van der Waals surface area contributed by atoms with Crippen LogP contribution in [-0.2, 0) is 24.3 Å². The maximum atomic E-state index is 12.3. The number of benzene rings is 1. The van der Waals surface area contributed by atoms with E-state index in [9.17, 15) is 4.79 Å². The molecule has 2 atom stereocenters. The first-order valence-corrected chi connectivity index (χ1v) is 10.2. The van der Waals surface area contributed by atoms with Crippen molar-refractivity contribution in [2.45, 2.75) is 52.1 Å². The van der Waals surface area contributed by atoms with E-state index in [2.05, 4.69) is 63.2 Å². The number of tetrazole rings is 1. The highest BCUT2D eigenvalue weighted by Gasteiger charge is 2.29. The van der Waals surface area contributed by atoms with E-state index in [1.165, 1.54) is 11.1 Å². The van der Waals surface area contributed by atoms with Gasteiger partial charge in [0.25, 0.3) is 0 Å². The summed E-state index contributed by atoms with van der Waals surface area (Å²) in [6.07, 6.45) is 4.32. The molecule has 7 heteroatoms. The summed E-state index contributed by atoms with van der Waals surface area (Å²) in [6.45, 7) is 5.60. The van der Waals surface area contributed by atoms with E-state index in [0.717, 1.165) is 42.8 Å². The van der Waals surface area contributed by atoms with Crippen LogP contribution in [0.1, 0.15) is 55.1 Å². The lowest BCUT2D eigenvalue weighted by atomic mass is 9.81. The van der Waals surface area contributed by atoms with Gasteiger partial charge in [-0.15, -0.1) is 5.10 Å². The summed E-state index contributed by atoms with van der Waals surface area (Å²) in [7, 11) is 0. The van der Waals surface area contributed by atoms with Crippen LogP contribution in [0.5, 0.6) is 0 Å². The maximum Gasteiger partial charge on any atom is 0.152 e. The Balaban J connectivity index is 1.56. The zero-order chi connectivity index (χ0) is 20.2. The number of ketones is 1. The molecule has 3 heterocycles. The van der Waals surface area contributed by atoms with E-state index in [4.69, 9.17) is 4.98 Å². The lowest BCUT2D eigenvalue weighted by Crippen LogP contribution is -2.23. The van der Waals surface area contributed by atoms with Crippen molar-refractivity contribution in [3.63, 3.8) is 0 Å². The molecule has 0 spiro atoms. The van der Waals surface area contributed by atoms with Crippen LogP contribution < -0.4 is 5.32 Å². The van der Waals surface area contributed by atoms with Crippen LogP contribution in [0.3, 0.4) is 0 Å². The van der Waals surface area contributed by atoms with Crippen LogP contribution in [0, 0.1) is 5.92 Å². The van der Waals surface area contributed by atoms with E-state index in [1.807, 2.05) is 6.20 Å². The van der Waals surface area contributed by atoms with Gasteiger partial charge in [-0.05, 0) is 59.0 Å². The number of aromatic amines is 1. The van der Waals surface area contributed by atoms with Gasteiger partial charge in [0.05, 0.1) is 5.69 Å². The number of hydrogen-bond donors (Lipinski definition) is 2. The van der Waals surface area contributed by atoms with Crippen molar-refractivity contribution in [3.8, 4) is 11.3 Å². The highest BCUT2D eigenvalue weighted by molar-refractivity contribution is 5.79. The molecule has 0 fully saturated rings. The number of aromatic nitrogens is 5. The maximum absolute atomic E-state index is 12.3. The van der Waals surface area contributed by atoms with Crippen LogP contribution in [0.15, 0.2) is 36.5 Å². The minimum atomic E-state index is -0.112. The molecular formula is C22H26N6O. The van der Waals surface area contributed by atoms with E-state index in [-0.39, 0.29) is 17.6 Å². The third-order valence-corrected chi connectivity index (χ3v) is 5.73. The van der Waals surface area contributed by atoms with Crippen molar-refractivity contribution >= 4 is 5.78 Å². The molecule has 1 aliphatic rings. The van der Waals surface area contributed by atoms with Crippen LogP contribution >= 0.6 is 0 Å². The first-order chi connectivity index (χ1) is 14.2. The Hall–Kier alpha value is -2.93. The summed E-state index contributed by atoms with van der Waals surface area (Å²) in [5.74, 6) is 0.637. The number of rotatable bonds is 8. The highest BCUT2D eigenvalue weighted by atomic mass is 16.1. The Morgan fingerprint density at radius 1 is 1.17 bits per heavy atom. The number of Topliss-reactive ketones (excluding diaryl/α,β-unsaturated/α-hetero) is 1. The summed E-state index contributed by atoms with van der Waals surface area (Å²) in [6, 6.07) is 10.7. The zero-order valence-electron chi connectivity index (χ0n) is 16.9. The number of carbonyl (C=O) groups is 1. The minimum Gasteiger partial charge on any atom is -0.309 e. The number of hydrogen-bond acceptors (Lipinski definition) is 6. The summed E-state index contributed by atoms with van der Waals surface area (Å²) in [4.78, 5) is 17.0. The molecule has 7 nitrogen and oxygen atoms in total. The smallest absolute Gasteiger partial charge is 0.152 e. The first-order valence-electron chi connectivity index (χ1n) is 10.2. The molecular weight excluding hydrogens is 364 g/mol. The fraction of sp³-hybridized carbons (Fsp3) is 0.409. The SMILES string of the molecule is CCC[C@H](C(C)=O)[C@H](Cc1ccc(-c2ccc3c(c2)CNC3)nc1)c1nnn[nH]1. The van der Waals surface area contributed by atoms with Gasteiger partial charge in [0.15, 0.2) is 5.82 Å². The van der Waals surface area contributed by atoms with Gasteiger partial charge in [-0.1, -0.05) is 31.5 Å². The van der Waals surface area contributed by atoms with Crippen molar-refractivity contribution < 1.29 is 4.79 Å². The second-order valence-electron chi connectivity index (χ2n) is 7.74. The van der Waals surface area contributed by atoms with Crippen LogP contribution in [0.25, 0.3) is 11.3 Å². The summed E-state index contributed by atoms with van der Waals surface area (Å²) in [5.41, 5.74) is 5.86. The van der Waals surface area contributed by atoms with Gasteiger partial charge < -0.3 is 5.32 Å². The van der Waals surface area contributed by atoms with E-state index in [1.54, 1.807) is 6.92 Å². The van der Waals surface area contributed by atoms with Crippen LogP contribution in [0.2, 0.25) is 0 Å². The number of nitrogens with zero attached hydrogens (tertiary/aromatic N) is 4. The standard InChI is InChI=1S/C22H26N6O/c1-3-4-19(14(2)29)20(22-25-27-28-26-22)9-15-5-8-21(24-11-15)16-6-7-17-12-23-13-18(17)10-16/h5-8,10-11,19-20,23H,3-4,9,12-13H2,1-2H3,(H,25,26,27,28)/t19-,20+/m1/s1. The summed E-state index contributed by atoms with van der Waals surface area (Å²) in [5, 5.41) is 17.8. The third-order valence-electron chi connectivity index (χ3n) is 5.73.